The first-order chi connectivity index (χ1) is 12.9. The molecule has 0 aromatic carbocycles. The zero-order chi connectivity index (χ0) is 19.8. The Bertz CT molecular complexity index is 800. The van der Waals surface area contributed by atoms with Gasteiger partial charge in [-0.3, -0.25) is 24.4 Å². The van der Waals surface area contributed by atoms with Gasteiger partial charge in [-0.15, -0.1) is 0 Å². The molecular weight excluding hydrogens is 346 g/mol. The monoisotopic (exact) mass is 369 g/mol. The number of aromatic nitrogens is 1. The zero-order valence-corrected chi connectivity index (χ0v) is 15.2. The van der Waals surface area contributed by atoms with Gasteiger partial charge in [-0.25, -0.2) is 0 Å². The van der Waals surface area contributed by atoms with Gasteiger partial charge >= 0.3 is 11.8 Å². The SMILES string of the molecule is C=C(/C=C\C=NC)[C@@H]1CCCCN1C(=O)C(=O)Nc1cncc(C(N)=O)c1. The lowest BCUT2D eigenvalue weighted by Crippen LogP contribution is -2.48. The van der Waals surface area contributed by atoms with Crippen molar-refractivity contribution in [3.05, 3.63) is 48.3 Å². The predicted octanol–water partition coefficient (Wildman–Crippen LogP) is 1.31. The van der Waals surface area contributed by atoms with E-state index in [1.807, 2.05) is 0 Å². The predicted molar refractivity (Wildman–Crippen MR) is 103 cm³/mol. The van der Waals surface area contributed by atoms with Gasteiger partial charge in [0.1, 0.15) is 0 Å². The Balaban J connectivity index is 2.11. The highest BCUT2D eigenvalue weighted by atomic mass is 16.2. The van der Waals surface area contributed by atoms with Crippen LogP contribution in [0.1, 0.15) is 29.6 Å². The third-order valence-corrected chi connectivity index (χ3v) is 4.21. The first-order valence-electron chi connectivity index (χ1n) is 8.58. The maximum Gasteiger partial charge on any atom is 0.313 e. The van der Waals surface area contributed by atoms with Crippen molar-refractivity contribution in [1.82, 2.24) is 9.88 Å². The number of allylic oxidation sites excluding steroid dienone is 1. The van der Waals surface area contributed by atoms with Gasteiger partial charge in [-0.1, -0.05) is 12.7 Å². The molecule has 8 heteroatoms. The minimum atomic E-state index is -0.794. The second-order valence-electron chi connectivity index (χ2n) is 6.13. The highest BCUT2D eigenvalue weighted by Crippen LogP contribution is 2.23. The lowest BCUT2D eigenvalue weighted by Gasteiger charge is -2.35. The van der Waals surface area contributed by atoms with Crippen LogP contribution in [0.2, 0.25) is 0 Å². The van der Waals surface area contributed by atoms with Crippen molar-refractivity contribution in [3.63, 3.8) is 0 Å². The average molecular weight is 369 g/mol. The molecule has 3 N–H and O–H groups in total. The van der Waals surface area contributed by atoms with E-state index >= 15 is 0 Å². The molecule has 27 heavy (non-hydrogen) atoms. The summed E-state index contributed by atoms with van der Waals surface area (Å²) < 4.78 is 0. The van der Waals surface area contributed by atoms with Gasteiger partial charge in [-0.2, -0.15) is 0 Å². The molecule has 2 rings (SSSR count). The van der Waals surface area contributed by atoms with Crippen molar-refractivity contribution in [2.45, 2.75) is 25.3 Å². The molecule has 0 radical (unpaired) electrons. The number of hydrogen-bond donors (Lipinski definition) is 2. The Labute approximate surface area is 157 Å². The van der Waals surface area contributed by atoms with Crippen LogP contribution < -0.4 is 11.1 Å². The molecular formula is C19H23N5O3. The second kappa shape index (κ2) is 9.42. The summed E-state index contributed by atoms with van der Waals surface area (Å²) in [5, 5.41) is 2.48. The molecule has 1 aliphatic rings. The number of pyridine rings is 1. The Kier molecular flexibility index (Phi) is 6.99. The molecule has 2 heterocycles. The van der Waals surface area contributed by atoms with E-state index in [1.54, 1.807) is 25.4 Å². The summed E-state index contributed by atoms with van der Waals surface area (Å²) in [4.78, 5) is 45.5. The van der Waals surface area contributed by atoms with E-state index in [0.717, 1.165) is 24.8 Å². The topological polar surface area (TPSA) is 118 Å². The molecule has 8 nitrogen and oxygen atoms in total. The Morgan fingerprint density at radius 2 is 2.15 bits per heavy atom. The molecule has 1 aliphatic heterocycles. The molecule has 0 saturated carbocycles. The van der Waals surface area contributed by atoms with Crippen LogP contribution in [0.25, 0.3) is 0 Å². The molecule has 0 unspecified atom stereocenters. The van der Waals surface area contributed by atoms with Crippen LogP contribution in [0.3, 0.4) is 0 Å². The van der Waals surface area contributed by atoms with E-state index in [1.165, 1.54) is 23.4 Å². The van der Waals surface area contributed by atoms with Crippen molar-refractivity contribution in [2.75, 3.05) is 18.9 Å². The molecule has 1 aromatic rings. The third-order valence-electron chi connectivity index (χ3n) is 4.21. The minimum absolute atomic E-state index is 0.146. The fraction of sp³-hybridized carbons (Fsp3) is 0.316. The van der Waals surface area contributed by atoms with Crippen LogP contribution in [0.15, 0.2) is 47.8 Å². The highest BCUT2D eigenvalue weighted by molar-refractivity contribution is 6.39. The number of nitrogens with one attached hydrogen (secondary N) is 1. The van der Waals surface area contributed by atoms with Crippen LogP contribution in [-0.4, -0.2) is 53.5 Å². The maximum atomic E-state index is 12.7. The lowest BCUT2D eigenvalue weighted by atomic mass is 9.95. The third kappa shape index (κ3) is 5.34. The van der Waals surface area contributed by atoms with Crippen LogP contribution in [0, 0.1) is 0 Å². The van der Waals surface area contributed by atoms with Crippen molar-refractivity contribution in [2.24, 2.45) is 10.7 Å². The van der Waals surface area contributed by atoms with E-state index in [-0.39, 0.29) is 17.3 Å². The van der Waals surface area contributed by atoms with Gasteiger partial charge in [0.2, 0.25) is 5.91 Å². The number of likely N-dealkylation sites (tertiary alicyclic amines) is 1. The number of anilines is 1. The summed E-state index contributed by atoms with van der Waals surface area (Å²) in [5.41, 5.74) is 6.32. The quantitative estimate of drug-likeness (QED) is 0.462. The van der Waals surface area contributed by atoms with E-state index in [0.29, 0.717) is 6.54 Å². The number of primary amides is 1. The van der Waals surface area contributed by atoms with E-state index in [4.69, 9.17) is 5.73 Å². The van der Waals surface area contributed by atoms with Gasteiger partial charge in [0.15, 0.2) is 0 Å². The van der Waals surface area contributed by atoms with Crippen LogP contribution in [0.4, 0.5) is 5.69 Å². The first-order valence-corrected chi connectivity index (χ1v) is 8.58. The number of carbonyl (C=O) groups is 3. The fourth-order valence-electron chi connectivity index (χ4n) is 2.88. The van der Waals surface area contributed by atoms with E-state index in [2.05, 4.69) is 21.9 Å². The summed E-state index contributed by atoms with van der Waals surface area (Å²) in [6.45, 7) is 4.50. The second-order valence-corrected chi connectivity index (χ2v) is 6.13. The molecule has 0 aliphatic carbocycles. The zero-order valence-electron chi connectivity index (χ0n) is 15.2. The van der Waals surface area contributed by atoms with Gasteiger partial charge in [0.05, 0.1) is 23.5 Å². The largest absolute Gasteiger partial charge is 0.366 e. The standard InChI is InChI=1S/C19H23N5O3/c1-13(6-5-8-21-2)16-7-3-4-9-24(16)19(27)18(26)23-15-10-14(17(20)25)11-22-12-15/h5-6,8,10-12,16H,1,3-4,7,9H2,2H3,(H2,20,25)(H,23,26)/b6-5-,21-8?/t16-/m0/s1. The molecule has 1 atom stereocenters. The van der Waals surface area contributed by atoms with Gasteiger partial charge < -0.3 is 16.0 Å². The van der Waals surface area contributed by atoms with Crippen LogP contribution >= 0.6 is 0 Å². The number of carbonyl (C=O) groups excluding carboxylic acids is 3. The van der Waals surface area contributed by atoms with Crippen molar-refractivity contribution < 1.29 is 14.4 Å². The summed E-state index contributed by atoms with van der Waals surface area (Å²) in [5.74, 6) is -2.11. The number of nitrogens with two attached hydrogens (primary N) is 1. The fourth-order valence-corrected chi connectivity index (χ4v) is 2.88. The normalized spacial score (nSPS) is 17.2. The first kappa shape index (κ1) is 20.0. The maximum absolute atomic E-state index is 12.7. The molecule has 1 aromatic heterocycles. The molecule has 0 spiro atoms. The number of piperidine rings is 1. The number of nitrogens with zero attached hydrogens (tertiary/aromatic N) is 3. The van der Waals surface area contributed by atoms with Gasteiger partial charge in [0, 0.05) is 26.0 Å². The molecule has 3 amide bonds. The van der Waals surface area contributed by atoms with E-state index < -0.39 is 17.7 Å². The number of rotatable bonds is 5. The number of aliphatic imine (C=N–C) groups is 1. The van der Waals surface area contributed by atoms with Crippen molar-refractivity contribution in [1.29, 1.82) is 0 Å². The Hall–Kier alpha value is -3.29. The molecule has 142 valence electrons. The Morgan fingerprint density at radius 1 is 1.37 bits per heavy atom. The van der Waals surface area contributed by atoms with E-state index in [9.17, 15) is 14.4 Å². The number of amides is 3. The van der Waals surface area contributed by atoms with Crippen LogP contribution in [0.5, 0.6) is 0 Å². The highest BCUT2D eigenvalue weighted by Gasteiger charge is 2.31. The van der Waals surface area contributed by atoms with Gasteiger partial charge in [-0.05, 0) is 37.0 Å². The summed E-state index contributed by atoms with van der Waals surface area (Å²) >= 11 is 0. The average Bonchev–Trinajstić information content (AvgIpc) is 2.67. The molecule has 0 bridgehead atoms. The van der Waals surface area contributed by atoms with Crippen molar-refractivity contribution >= 4 is 29.6 Å². The summed E-state index contributed by atoms with van der Waals surface area (Å²) in [6, 6.07) is 1.13. The van der Waals surface area contributed by atoms with Gasteiger partial charge in [0.25, 0.3) is 0 Å². The Morgan fingerprint density at radius 3 is 2.85 bits per heavy atom. The van der Waals surface area contributed by atoms with Crippen LogP contribution in [-0.2, 0) is 9.59 Å². The van der Waals surface area contributed by atoms with Crippen molar-refractivity contribution in [3.8, 4) is 0 Å². The molecule has 1 fully saturated rings. The summed E-state index contributed by atoms with van der Waals surface area (Å²) in [7, 11) is 1.66. The number of hydrogen-bond acceptors (Lipinski definition) is 5. The minimum Gasteiger partial charge on any atom is -0.366 e. The lowest BCUT2D eigenvalue weighted by molar-refractivity contribution is -0.145. The summed E-state index contributed by atoms with van der Waals surface area (Å²) in [6.07, 6.45) is 10.3. The smallest absolute Gasteiger partial charge is 0.313 e. The molecule has 1 saturated heterocycles.